The molecule has 0 heterocycles. The van der Waals surface area contributed by atoms with Crippen molar-refractivity contribution in [3.63, 3.8) is 0 Å². The van der Waals surface area contributed by atoms with Crippen LogP contribution in [0.15, 0.2) is 17.0 Å². The molecule has 5 nitrogen and oxygen atoms in total. The largest absolute Gasteiger partial charge is 0.573 e. The van der Waals surface area contributed by atoms with Crippen molar-refractivity contribution in [1.82, 2.24) is 0 Å². The third-order valence-corrected chi connectivity index (χ3v) is 3.19. The van der Waals surface area contributed by atoms with Gasteiger partial charge in [0.1, 0.15) is 17.4 Å². The Morgan fingerprint density at radius 2 is 1.95 bits per heavy atom. The Bertz CT molecular complexity index is 663. The number of hydrogen-bond acceptors (Lipinski definition) is 5. The summed E-state index contributed by atoms with van der Waals surface area (Å²) in [6, 6.07) is 2.42. The van der Waals surface area contributed by atoms with E-state index >= 15 is 0 Å². The van der Waals surface area contributed by atoms with E-state index in [1.807, 2.05) is 0 Å². The summed E-state index contributed by atoms with van der Waals surface area (Å²) in [6.07, 6.45) is -5.13. The van der Waals surface area contributed by atoms with Crippen molar-refractivity contribution in [1.29, 1.82) is 5.26 Å². The second-order valence-corrected chi connectivity index (χ2v) is 5.67. The molecule has 0 saturated carbocycles. The van der Waals surface area contributed by atoms with Crippen LogP contribution in [0.5, 0.6) is 5.75 Å². The van der Waals surface area contributed by atoms with Crippen LogP contribution in [0.25, 0.3) is 0 Å². The summed E-state index contributed by atoms with van der Waals surface area (Å²) in [5, 5.41) is 8.68. The van der Waals surface area contributed by atoms with Crippen LogP contribution < -0.4 is 4.74 Å². The van der Waals surface area contributed by atoms with Gasteiger partial charge in [-0.3, -0.25) is 4.79 Å². The van der Waals surface area contributed by atoms with Gasteiger partial charge in [-0.25, -0.2) is 8.42 Å². The number of rotatable bonds is 3. The number of carbonyl (C=O) groups excluding carboxylic acids is 1. The fourth-order valence-corrected chi connectivity index (χ4v) is 1.95. The number of nitrogens with zero attached hydrogens (tertiary/aromatic N) is 1. The van der Waals surface area contributed by atoms with Gasteiger partial charge in [-0.2, -0.15) is 5.26 Å². The van der Waals surface area contributed by atoms with Crippen LogP contribution in [0, 0.1) is 11.3 Å². The predicted octanol–water partition coefficient (Wildman–Crippen LogP) is 2.20. The number of carbonyl (C=O) groups is 1. The van der Waals surface area contributed by atoms with Crippen LogP contribution in [0.2, 0.25) is 0 Å². The number of alkyl halides is 3. The molecule has 19 heavy (non-hydrogen) atoms. The van der Waals surface area contributed by atoms with Gasteiger partial charge in [0.15, 0.2) is 6.29 Å². The maximum atomic E-state index is 12.1. The average molecular weight is 314 g/mol. The van der Waals surface area contributed by atoms with Crippen LogP contribution in [0.1, 0.15) is 15.9 Å². The van der Waals surface area contributed by atoms with Gasteiger partial charge >= 0.3 is 6.36 Å². The molecule has 0 N–H and O–H groups in total. The van der Waals surface area contributed by atoms with Crippen molar-refractivity contribution >= 4 is 26.0 Å². The summed E-state index contributed by atoms with van der Waals surface area (Å²) in [5.41, 5.74) is -1.32. The van der Waals surface area contributed by atoms with E-state index in [1.54, 1.807) is 0 Å². The Kier molecular flexibility index (Phi) is 4.07. The first kappa shape index (κ1) is 15.3. The minimum atomic E-state index is -5.15. The molecule has 10 heteroatoms. The van der Waals surface area contributed by atoms with Crippen LogP contribution in [0.4, 0.5) is 13.2 Å². The Balaban J connectivity index is 3.59. The number of halogens is 4. The highest BCUT2D eigenvalue weighted by Crippen LogP contribution is 2.31. The quantitative estimate of drug-likeness (QED) is 0.631. The Hall–Kier alpha value is -1.79. The normalized spacial score (nSPS) is 11.7. The van der Waals surface area contributed by atoms with Gasteiger partial charge in [0.2, 0.25) is 0 Å². The highest BCUT2D eigenvalue weighted by molar-refractivity contribution is 8.13. The molecular weight excluding hydrogens is 311 g/mol. The molecule has 0 fully saturated rings. The molecule has 0 aromatic heterocycles. The molecule has 0 saturated heterocycles. The molecule has 102 valence electrons. The van der Waals surface area contributed by atoms with E-state index in [0.29, 0.717) is 12.1 Å². The number of hydrogen-bond donors (Lipinski definition) is 0. The lowest BCUT2D eigenvalue weighted by Gasteiger charge is -2.12. The summed E-state index contributed by atoms with van der Waals surface area (Å²) in [6.45, 7) is 0. The lowest BCUT2D eigenvalue weighted by atomic mass is 10.1. The van der Waals surface area contributed by atoms with Gasteiger partial charge in [0.05, 0.1) is 4.90 Å². The van der Waals surface area contributed by atoms with Crippen LogP contribution in [-0.4, -0.2) is 21.1 Å². The zero-order chi connectivity index (χ0) is 14.8. The van der Waals surface area contributed by atoms with E-state index in [9.17, 15) is 26.4 Å². The van der Waals surface area contributed by atoms with Crippen LogP contribution in [-0.2, 0) is 9.05 Å². The van der Waals surface area contributed by atoms with Gasteiger partial charge in [-0.15, -0.1) is 13.2 Å². The fourth-order valence-electron chi connectivity index (χ4n) is 1.17. The molecule has 0 atom stereocenters. The highest BCUT2D eigenvalue weighted by Gasteiger charge is 2.33. The first-order chi connectivity index (χ1) is 8.58. The van der Waals surface area contributed by atoms with Crippen molar-refractivity contribution in [2.24, 2.45) is 0 Å². The molecule has 0 bridgehead atoms. The van der Waals surface area contributed by atoms with E-state index in [1.165, 1.54) is 6.07 Å². The maximum absolute atomic E-state index is 12.1. The lowest BCUT2D eigenvalue weighted by Crippen LogP contribution is -2.18. The van der Waals surface area contributed by atoms with Crippen molar-refractivity contribution in [3.8, 4) is 11.8 Å². The Morgan fingerprint density at radius 1 is 1.37 bits per heavy atom. The average Bonchev–Trinajstić information content (AvgIpc) is 2.24. The van der Waals surface area contributed by atoms with Gasteiger partial charge in [0, 0.05) is 22.3 Å². The predicted molar refractivity (Wildman–Crippen MR) is 56.3 cm³/mol. The Morgan fingerprint density at radius 3 is 2.32 bits per heavy atom. The van der Waals surface area contributed by atoms with Crippen molar-refractivity contribution < 1.29 is 31.1 Å². The van der Waals surface area contributed by atoms with E-state index < -0.39 is 37.2 Å². The second kappa shape index (κ2) is 5.07. The highest BCUT2D eigenvalue weighted by atomic mass is 35.7. The van der Waals surface area contributed by atoms with Crippen molar-refractivity contribution in [2.75, 3.05) is 0 Å². The zero-order valence-electron chi connectivity index (χ0n) is 8.73. The number of nitriles is 1. The van der Waals surface area contributed by atoms with E-state index in [-0.39, 0.29) is 6.29 Å². The molecule has 1 aromatic rings. The van der Waals surface area contributed by atoms with Gasteiger partial charge < -0.3 is 4.74 Å². The third-order valence-electron chi connectivity index (χ3n) is 1.85. The van der Waals surface area contributed by atoms with E-state index in [4.69, 9.17) is 15.9 Å². The smallest absolute Gasteiger partial charge is 0.404 e. The van der Waals surface area contributed by atoms with Crippen LogP contribution >= 0.6 is 10.7 Å². The summed E-state index contributed by atoms with van der Waals surface area (Å²) >= 11 is 0. The van der Waals surface area contributed by atoms with Crippen molar-refractivity contribution in [3.05, 3.63) is 23.3 Å². The standard InChI is InChI=1S/C9H3ClF3NO4S/c10-19(16,17)6-1-5(4-15)7(3-14)8(2-6)18-9(11,12)13/h1-2,4H. The van der Waals surface area contributed by atoms with Gasteiger partial charge in [0.25, 0.3) is 9.05 Å². The molecule has 0 radical (unpaired) electrons. The molecule has 0 aliphatic heterocycles. The molecule has 1 aromatic carbocycles. The van der Waals surface area contributed by atoms with Gasteiger partial charge in [-0.1, -0.05) is 0 Å². The van der Waals surface area contributed by atoms with Crippen molar-refractivity contribution in [2.45, 2.75) is 11.3 Å². The zero-order valence-corrected chi connectivity index (χ0v) is 10.3. The SMILES string of the molecule is N#Cc1c(C=O)cc(S(=O)(=O)Cl)cc1OC(F)(F)F. The minimum absolute atomic E-state index is 0.0212. The molecular formula is C9H3ClF3NO4S. The minimum Gasteiger partial charge on any atom is -0.404 e. The molecule has 1 rings (SSSR count). The topological polar surface area (TPSA) is 84.2 Å². The maximum Gasteiger partial charge on any atom is 0.573 e. The van der Waals surface area contributed by atoms with Crippen LogP contribution in [0.3, 0.4) is 0 Å². The summed E-state index contributed by atoms with van der Waals surface area (Å²) in [4.78, 5) is 9.87. The summed E-state index contributed by atoms with van der Waals surface area (Å²) < 4.78 is 62.0. The summed E-state index contributed by atoms with van der Waals surface area (Å²) in [7, 11) is 0.581. The fraction of sp³-hybridized carbons (Fsp3) is 0.111. The number of ether oxygens (including phenoxy) is 1. The number of benzene rings is 1. The molecule has 0 aliphatic rings. The lowest BCUT2D eigenvalue weighted by molar-refractivity contribution is -0.274. The van der Waals surface area contributed by atoms with E-state index in [2.05, 4.69) is 4.74 Å². The molecule has 0 unspecified atom stereocenters. The van der Waals surface area contributed by atoms with Gasteiger partial charge in [-0.05, 0) is 6.07 Å². The first-order valence-corrected chi connectivity index (χ1v) is 6.63. The number of aldehydes is 1. The molecule has 0 amide bonds. The van der Waals surface area contributed by atoms with E-state index in [0.717, 1.165) is 0 Å². The first-order valence-electron chi connectivity index (χ1n) is 4.32. The third kappa shape index (κ3) is 3.84. The Labute approximate surface area is 109 Å². The second-order valence-electron chi connectivity index (χ2n) is 3.10. The molecule has 0 aliphatic carbocycles. The monoisotopic (exact) mass is 313 g/mol. The molecule has 0 spiro atoms. The summed E-state index contributed by atoms with van der Waals surface area (Å²) in [5.74, 6) is -1.11.